The lowest BCUT2D eigenvalue weighted by Crippen LogP contribution is -2.01. The number of nitrogen functional groups attached to an aromatic ring is 1. The highest BCUT2D eigenvalue weighted by molar-refractivity contribution is 5.61. The molecule has 0 aliphatic rings. The normalized spacial score (nSPS) is 9.92. The van der Waals surface area contributed by atoms with Crippen molar-refractivity contribution in [2.45, 2.75) is 6.42 Å². The van der Waals surface area contributed by atoms with Gasteiger partial charge in [0, 0.05) is 13.0 Å². The molecule has 0 spiro atoms. The van der Waals surface area contributed by atoms with Crippen LogP contribution in [0.1, 0.15) is 6.42 Å². The van der Waals surface area contributed by atoms with E-state index >= 15 is 0 Å². The van der Waals surface area contributed by atoms with Crippen LogP contribution < -0.4 is 10.5 Å². The van der Waals surface area contributed by atoms with Crippen LogP contribution in [0.2, 0.25) is 0 Å². The van der Waals surface area contributed by atoms with E-state index in [-0.39, 0.29) is 18.0 Å². The smallest absolute Gasteiger partial charge is 0.145 e. The number of phenols is 1. The highest BCUT2D eigenvalue weighted by Gasteiger charge is 2.03. The van der Waals surface area contributed by atoms with Gasteiger partial charge in [0.1, 0.15) is 17.2 Å². The summed E-state index contributed by atoms with van der Waals surface area (Å²) in [4.78, 5) is 0. The van der Waals surface area contributed by atoms with Gasteiger partial charge in [0.25, 0.3) is 0 Å². The Balaban J connectivity index is 2.61. The van der Waals surface area contributed by atoms with E-state index in [9.17, 15) is 5.11 Å². The minimum absolute atomic E-state index is 0.0153. The molecule has 0 fully saturated rings. The number of aliphatic hydroxyl groups is 1. The summed E-state index contributed by atoms with van der Waals surface area (Å²) in [7, 11) is 0. The van der Waals surface area contributed by atoms with Crippen LogP contribution in [0.3, 0.4) is 0 Å². The van der Waals surface area contributed by atoms with E-state index < -0.39 is 0 Å². The van der Waals surface area contributed by atoms with Gasteiger partial charge >= 0.3 is 0 Å². The Labute approximate surface area is 76.6 Å². The fourth-order valence-electron chi connectivity index (χ4n) is 0.905. The van der Waals surface area contributed by atoms with E-state index in [1.807, 2.05) is 0 Å². The second kappa shape index (κ2) is 4.57. The first kappa shape index (κ1) is 9.67. The summed E-state index contributed by atoms with van der Waals surface area (Å²) in [5.74, 6) is 0.468. The Morgan fingerprint density at radius 1 is 1.38 bits per heavy atom. The van der Waals surface area contributed by atoms with Crippen molar-refractivity contribution in [1.82, 2.24) is 0 Å². The molecule has 0 bridgehead atoms. The maximum absolute atomic E-state index is 9.20. The summed E-state index contributed by atoms with van der Waals surface area (Å²) < 4.78 is 5.21. The number of rotatable bonds is 4. The summed E-state index contributed by atoms with van der Waals surface area (Å²) in [6.07, 6.45) is 0.551. The quantitative estimate of drug-likeness (QED) is 0.365. The van der Waals surface area contributed by atoms with Gasteiger partial charge in [-0.3, -0.25) is 0 Å². The Kier molecular flexibility index (Phi) is 3.40. The summed E-state index contributed by atoms with van der Waals surface area (Å²) in [6.45, 7) is 0.475. The van der Waals surface area contributed by atoms with Gasteiger partial charge in [-0.05, 0) is 12.1 Å². The molecule has 0 aliphatic heterocycles. The molecular weight excluding hydrogens is 170 g/mol. The minimum Gasteiger partial charge on any atom is -0.506 e. The van der Waals surface area contributed by atoms with E-state index in [4.69, 9.17) is 15.6 Å². The van der Waals surface area contributed by atoms with Crippen LogP contribution in [-0.4, -0.2) is 23.4 Å². The van der Waals surface area contributed by atoms with Gasteiger partial charge < -0.3 is 20.7 Å². The fraction of sp³-hybridized carbons (Fsp3) is 0.333. The van der Waals surface area contributed by atoms with Crippen LogP contribution in [0.15, 0.2) is 18.2 Å². The van der Waals surface area contributed by atoms with Gasteiger partial charge in [0.2, 0.25) is 0 Å². The third kappa shape index (κ3) is 2.52. The molecule has 0 atom stereocenters. The highest BCUT2D eigenvalue weighted by Crippen LogP contribution is 2.29. The first-order valence-electron chi connectivity index (χ1n) is 4.07. The molecule has 4 N–H and O–H groups in total. The Morgan fingerprint density at radius 3 is 2.85 bits per heavy atom. The Hall–Kier alpha value is -1.42. The zero-order valence-corrected chi connectivity index (χ0v) is 7.23. The summed E-state index contributed by atoms with van der Waals surface area (Å²) >= 11 is 0. The zero-order chi connectivity index (χ0) is 9.68. The number of benzene rings is 1. The number of para-hydroxylation sites is 1. The second-order valence-electron chi connectivity index (χ2n) is 2.61. The molecule has 13 heavy (non-hydrogen) atoms. The van der Waals surface area contributed by atoms with Gasteiger partial charge in [0.15, 0.2) is 0 Å². The van der Waals surface area contributed by atoms with Gasteiger partial charge in [-0.15, -0.1) is 0 Å². The average molecular weight is 183 g/mol. The molecule has 1 aromatic carbocycles. The van der Waals surface area contributed by atoms with Crippen molar-refractivity contribution in [2.24, 2.45) is 0 Å². The van der Waals surface area contributed by atoms with Gasteiger partial charge in [-0.25, -0.2) is 0 Å². The fourth-order valence-corrected chi connectivity index (χ4v) is 0.905. The van der Waals surface area contributed by atoms with E-state index in [0.29, 0.717) is 18.8 Å². The SMILES string of the molecule is Nc1c(O)cccc1OCCCO. The average Bonchev–Trinajstić information content (AvgIpc) is 2.13. The third-order valence-corrected chi connectivity index (χ3v) is 1.60. The molecule has 0 unspecified atom stereocenters. The molecule has 0 amide bonds. The van der Waals surface area contributed by atoms with Crippen LogP contribution in [0, 0.1) is 0 Å². The maximum atomic E-state index is 9.20. The van der Waals surface area contributed by atoms with Crippen LogP contribution in [0.5, 0.6) is 11.5 Å². The van der Waals surface area contributed by atoms with Crippen molar-refractivity contribution >= 4 is 5.69 Å². The number of hydrogen-bond acceptors (Lipinski definition) is 4. The standard InChI is InChI=1S/C9H13NO3/c10-9-7(12)3-1-4-8(9)13-6-2-5-11/h1,3-4,11-12H,2,5-6,10H2. The summed E-state index contributed by atoms with van der Waals surface area (Å²) in [5.41, 5.74) is 5.76. The molecule has 0 aromatic heterocycles. The third-order valence-electron chi connectivity index (χ3n) is 1.60. The van der Waals surface area contributed by atoms with Gasteiger partial charge in [-0.1, -0.05) is 6.07 Å². The van der Waals surface area contributed by atoms with E-state index in [2.05, 4.69) is 0 Å². The summed E-state index contributed by atoms with van der Waals surface area (Å²) in [6, 6.07) is 4.82. The predicted molar refractivity (Wildman–Crippen MR) is 49.7 cm³/mol. The number of ether oxygens (including phenoxy) is 1. The van der Waals surface area contributed by atoms with E-state index in [1.165, 1.54) is 6.07 Å². The molecule has 0 aliphatic carbocycles. The topological polar surface area (TPSA) is 75.7 Å². The molecule has 0 saturated carbocycles. The first-order chi connectivity index (χ1) is 6.25. The van der Waals surface area contributed by atoms with E-state index in [1.54, 1.807) is 12.1 Å². The van der Waals surface area contributed by atoms with Crippen molar-refractivity contribution in [1.29, 1.82) is 0 Å². The van der Waals surface area contributed by atoms with Crippen molar-refractivity contribution in [2.75, 3.05) is 18.9 Å². The Bertz CT molecular complexity index is 276. The Morgan fingerprint density at radius 2 is 2.15 bits per heavy atom. The highest BCUT2D eigenvalue weighted by atomic mass is 16.5. The number of nitrogens with two attached hydrogens (primary N) is 1. The van der Waals surface area contributed by atoms with Crippen LogP contribution in [0.4, 0.5) is 5.69 Å². The van der Waals surface area contributed by atoms with Crippen molar-refractivity contribution in [3.63, 3.8) is 0 Å². The predicted octanol–water partition coefficient (Wildman–Crippen LogP) is 0.736. The number of phenolic OH excluding ortho intramolecular Hbond substituents is 1. The maximum Gasteiger partial charge on any atom is 0.145 e. The monoisotopic (exact) mass is 183 g/mol. The van der Waals surface area contributed by atoms with Crippen LogP contribution in [0.25, 0.3) is 0 Å². The minimum atomic E-state index is 0.0153. The van der Waals surface area contributed by atoms with Crippen molar-refractivity contribution in [3.8, 4) is 11.5 Å². The molecule has 0 heterocycles. The number of aliphatic hydroxyl groups excluding tert-OH is 1. The van der Waals surface area contributed by atoms with Crippen LogP contribution in [-0.2, 0) is 0 Å². The number of anilines is 1. The summed E-state index contributed by atoms with van der Waals surface area (Å²) in [5, 5.41) is 17.7. The lowest BCUT2D eigenvalue weighted by atomic mass is 10.3. The number of aromatic hydroxyl groups is 1. The largest absolute Gasteiger partial charge is 0.506 e. The molecule has 1 aromatic rings. The molecule has 0 radical (unpaired) electrons. The van der Waals surface area contributed by atoms with E-state index in [0.717, 1.165) is 0 Å². The van der Waals surface area contributed by atoms with Crippen LogP contribution >= 0.6 is 0 Å². The first-order valence-corrected chi connectivity index (χ1v) is 4.07. The zero-order valence-electron chi connectivity index (χ0n) is 7.23. The van der Waals surface area contributed by atoms with Crippen molar-refractivity contribution < 1.29 is 14.9 Å². The molecule has 4 heteroatoms. The lowest BCUT2D eigenvalue weighted by Gasteiger charge is -2.08. The molecule has 1 rings (SSSR count). The molecule has 0 saturated heterocycles. The molecule has 72 valence electrons. The van der Waals surface area contributed by atoms with Gasteiger partial charge in [0.05, 0.1) is 6.61 Å². The molecule has 4 nitrogen and oxygen atoms in total. The number of hydrogen-bond donors (Lipinski definition) is 3. The van der Waals surface area contributed by atoms with Gasteiger partial charge in [-0.2, -0.15) is 0 Å². The lowest BCUT2D eigenvalue weighted by molar-refractivity contribution is 0.234. The molecular formula is C9H13NO3. The van der Waals surface area contributed by atoms with Crippen molar-refractivity contribution in [3.05, 3.63) is 18.2 Å². The second-order valence-corrected chi connectivity index (χ2v) is 2.61.